The van der Waals surface area contributed by atoms with Gasteiger partial charge < -0.3 is 5.73 Å². The molecule has 1 aromatic carbocycles. The van der Waals surface area contributed by atoms with Gasteiger partial charge in [-0.3, -0.25) is 0 Å². The van der Waals surface area contributed by atoms with Crippen molar-refractivity contribution in [2.24, 2.45) is 11.7 Å². The zero-order valence-electron chi connectivity index (χ0n) is 11.9. The Labute approximate surface area is 133 Å². The monoisotopic (exact) mass is 358 g/mol. The molecule has 0 amide bonds. The summed E-state index contributed by atoms with van der Waals surface area (Å²) in [6, 6.07) is 2.37. The van der Waals surface area contributed by atoms with Crippen molar-refractivity contribution in [1.29, 1.82) is 0 Å². The molecule has 0 saturated heterocycles. The lowest BCUT2D eigenvalue weighted by molar-refractivity contribution is -0.137. The normalized spacial score (nSPS) is 17.0. The van der Waals surface area contributed by atoms with E-state index in [9.17, 15) is 21.6 Å². The van der Waals surface area contributed by atoms with Crippen LogP contribution in [0, 0.1) is 12.8 Å². The standard InChI is InChI=1S/C13H17F3N2O2S.ClH/c1-8-2-5-10(13(14,15)16)6-12(8)21(19,20)18-7-11(17)9-3-4-9;/h2,5-6,9,11,18H,3-4,7,17H2,1H3;1H. The van der Waals surface area contributed by atoms with E-state index < -0.39 is 21.8 Å². The second-order valence-electron chi connectivity index (χ2n) is 5.33. The molecule has 0 radical (unpaired) electrons. The van der Waals surface area contributed by atoms with Gasteiger partial charge >= 0.3 is 6.18 Å². The van der Waals surface area contributed by atoms with Gasteiger partial charge in [0.05, 0.1) is 10.5 Å². The van der Waals surface area contributed by atoms with Crippen molar-refractivity contribution in [1.82, 2.24) is 4.72 Å². The van der Waals surface area contributed by atoms with Crippen LogP contribution < -0.4 is 10.5 Å². The van der Waals surface area contributed by atoms with Crippen LogP contribution in [0.25, 0.3) is 0 Å². The summed E-state index contributed by atoms with van der Waals surface area (Å²) in [6.45, 7) is 1.48. The van der Waals surface area contributed by atoms with Crippen LogP contribution in [0.2, 0.25) is 0 Å². The van der Waals surface area contributed by atoms with E-state index in [2.05, 4.69) is 4.72 Å². The fourth-order valence-corrected chi connectivity index (χ4v) is 3.38. The smallest absolute Gasteiger partial charge is 0.326 e. The first kappa shape index (κ1) is 19.2. The van der Waals surface area contributed by atoms with E-state index >= 15 is 0 Å². The van der Waals surface area contributed by atoms with Gasteiger partial charge in [0, 0.05) is 12.6 Å². The van der Waals surface area contributed by atoms with E-state index in [4.69, 9.17) is 5.73 Å². The van der Waals surface area contributed by atoms with Gasteiger partial charge in [-0.2, -0.15) is 13.2 Å². The third-order valence-electron chi connectivity index (χ3n) is 3.54. The molecule has 1 saturated carbocycles. The number of nitrogens with one attached hydrogen (secondary N) is 1. The number of alkyl halides is 3. The molecule has 0 spiro atoms. The van der Waals surface area contributed by atoms with Gasteiger partial charge in [0.1, 0.15) is 0 Å². The quantitative estimate of drug-likeness (QED) is 0.849. The molecule has 1 aromatic rings. The molecule has 2 rings (SSSR count). The fourth-order valence-electron chi connectivity index (χ4n) is 2.04. The van der Waals surface area contributed by atoms with E-state index in [0.29, 0.717) is 12.0 Å². The highest BCUT2D eigenvalue weighted by Gasteiger charge is 2.33. The lowest BCUT2D eigenvalue weighted by Gasteiger charge is -2.15. The molecule has 1 fully saturated rings. The predicted octanol–water partition coefficient (Wildman–Crippen LogP) is 2.45. The Bertz CT molecular complexity index is 631. The Kier molecular flexibility index (Phi) is 5.88. The van der Waals surface area contributed by atoms with Crippen LogP contribution in [0.4, 0.5) is 13.2 Å². The van der Waals surface area contributed by atoms with Crippen LogP contribution in [-0.2, 0) is 16.2 Å². The van der Waals surface area contributed by atoms with E-state index in [0.717, 1.165) is 25.0 Å². The molecule has 1 atom stereocenters. The van der Waals surface area contributed by atoms with Crippen LogP contribution in [-0.4, -0.2) is 21.0 Å². The maximum atomic E-state index is 12.7. The Morgan fingerprint density at radius 3 is 2.45 bits per heavy atom. The Hall–Kier alpha value is -0.830. The lowest BCUT2D eigenvalue weighted by atomic mass is 10.1. The summed E-state index contributed by atoms with van der Waals surface area (Å²) in [4.78, 5) is -0.361. The van der Waals surface area contributed by atoms with E-state index in [1.54, 1.807) is 0 Å². The van der Waals surface area contributed by atoms with Crippen molar-refractivity contribution >= 4 is 22.4 Å². The van der Waals surface area contributed by atoms with Gasteiger partial charge in [0.25, 0.3) is 0 Å². The molecule has 1 aliphatic rings. The highest BCUT2D eigenvalue weighted by atomic mass is 35.5. The molecule has 0 aliphatic heterocycles. The number of hydrogen-bond donors (Lipinski definition) is 2. The van der Waals surface area contributed by atoms with Crippen LogP contribution >= 0.6 is 12.4 Å². The van der Waals surface area contributed by atoms with Gasteiger partial charge in [-0.1, -0.05) is 6.07 Å². The lowest BCUT2D eigenvalue weighted by Crippen LogP contribution is -2.38. The maximum absolute atomic E-state index is 12.7. The molecule has 22 heavy (non-hydrogen) atoms. The minimum Gasteiger partial charge on any atom is -0.326 e. The maximum Gasteiger partial charge on any atom is 0.416 e. The van der Waals surface area contributed by atoms with E-state index in [1.165, 1.54) is 6.92 Å². The molecule has 1 aliphatic carbocycles. The third kappa shape index (κ3) is 4.58. The molecule has 4 nitrogen and oxygen atoms in total. The average molecular weight is 359 g/mol. The Morgan fingerprint density at radius 1 is 1.36 bits per heavy atom. The molecular weight excluding hydrogens is 341 g/mol. The summed E-state index contributed by atoms with van der Waals surface area (Å²) in [6.07, 6.45) is -2.65. The summed E-state index contributed by atoms with van der Waals surface area (Å²) in [5.41, 5.74) is 5.07. The minimum absolute atomic E-state index is 0. The summed E-state index contributed by atoms with van der Waals surface area (Å²) in [5, 5.41) is 0. The SMILES string of the molecule is Cc1ccc(C(F)(F)F)cc1S(=O)(=O)NCC(N)C1CC1.Cl. The Morgan fingerprint density at radius 2 is 1.95 bits per heavy atom. The van der Waals surface area contributed by atoms with Crippen molar-refractivity contribution in [2.45, 2.75) is 36.9 Å². The van der Waals surface area contributed by atoms with Gasteiger partial charge in [-0.25, -0.2) is 13.1 Å². The molecule has 1 unspecified atom stereocenters. The van der Waals surface area contributed by atoms with E-state index in [-0.39, 0.29) is 35.5 Å². The zero-order chi connectivity index (χ0) is 15.8. The molecular formula is C13H18ClF3N2O2S. The average Bonchev–Trinajstić information content (AvgIpc) is 3.19. The van der Waals surface area contributed by atoms with Crippen molar-refractivity contribution in [2.75, 3.05) is 6.54 Å². The number of nitrogens with two attached hydrogens (primary N) is 1. The van der Waals surface area contributed by atoms with Crippen LogP contribution in [0.1, 0.15) is 24.0 Å². The van der Waals surface area contributed by atoms with E-state index in [1.807, 2.05) is 0 Å². The first-order chi connectivity index (χ1) is 9.61. The number of benzene rings is 1. The highest BCUT2D eigenvalue weighted by Crippen LogP contribution is 2.32. The van der Waals surface area contributed by atoms with Gasteiger partial charge in [-0.05, 0) is 43.4 Å². The first-order valence-electron chi connectivity index (χ1n) is 6.54. The molecule has 9 heteroatoms. The molecule has 0 bridgehead atoms. The number of halogens is 4. The van der Waals surface area contributed by atoms with Crippen LogP contribution in [0.15, 0.2) is 23.1 Å². The first-order valence-corrected chi connectivity index (χ1v) is 8.02. The van der Waals surface area contributed by atoms with Crippen molar-refractivity contribution in [3.8, 4) is 0 Å². The number of aryl methyl sites for hydroxylation is 1. The van der Waals surface area contributed by atoms with Gasteiger partial charge in [0.15, 0.2) is 0 Å². The second-order valence-corrected chi connectivity index (χ2v) is 7.07. The largest absolute Gasteiger partial charge is 0.416 e. The summed E-state index contributed by atoms with van der Waals surface area (Å²) in [7, 11) is -4.00. The number of sulfonamides is 1. The Balaban J connectivity index is 0.00000242. The topological polar surface area (TPSA) is 72.2 Å². The van der Waals surface area contributed by atoms with Gasteiger partial charge in [0.2, 0.25) is 10.0 Å². The predicted molar refractivity (Wildman–Crippen MR) is 79.3 cm³/mol. The molecule has 126 valence electrons. The van der Waals surface area contributed by atoms with Crippen molar-refractivity contribution in [3.63, 3.8) is 0 Å². The van der Waals surface area contributed by atoms with Crippen molar-refractivity contribution < 1.29 is 21.6 Å². The number of hydrogen-bond acceptors (Lipinski definition) is 3. The molecule has 3 N–H and O–H groups in total. The van der Waals surface area contributed by atoms with Gasteiger partial charge in [-0.15, -0.1) is 12.4 Å². The van der Waals surface area contributed by atoms with Crippen LogP contribution in [0.5, 0.6) is 0 Å². The summed E-state index contributed by atoms with van der Waals surface area (Å²) < 4.78 is 64.6. The summed E-state index contributed by atoms with van der Waals surface area (Å²) in [5.74, 6) is 0.301. The summed E-state index contributed by atoms with van der Waals surface area (Å²) >= 11 is 0. The molecule has 0 heterocycles. The third-order valence-corrected chi connectivity index (χ3v) is 5.11. The zero-order valence-corrected chi connectivity index (χ0v) is 13.5. The minimum atomic E-state index is -4.58. The molecule has 0 aromatic heterocycles. The second kappa shape index (κ2) is 6.74. The van der Waals surface area contributed by atoms with Crippen LogP contribution in [0.3, 0.4) is 0 Å². The fraction of sp³-hybridized carbons (Fsp3) is 0.538. The number of rotatable bonds is 5. The van der Waals surface area contributed by atoms with Crippen molar-refractivity contribution in [3.05, 3.63) is 29.3 Å². The highest BCUT2D eigenvalue weighted by molar-refractivity contribution is 7.89.